The van der Waals surface area contributed by atoms with Crippen molar-refractivity contribution in [1.82, 2.24) is 0 Å². The number of aryl methyl sites for hydroxylation is 1. The molecule has 0 aliphatic carbocycles. The average molecular weight is 215 g/mol. The summed E-state index contributed by atoms with van der Waals surface area (Å²) in [5.74, 6) is -0.403. The number of aliphatic carboxylic acids is 1. The molecule has 0 bridgehead atoms. The second kappa shape index (κ2) is 4.86. The van der Waals surface area contributed by atoms with Crippen LogP contribution in [0, 0.1) is 6.92 Å². The van der Waals surface area contributed by atoms with E-state index in [9.17, 15) is 4.79 Å². The average Bonchev–Trinajstić information content (AvgIpc) is 2.16. The van der Waals surface area contributed by atoms with E-state index in [4.69, 9.17) is 21.4 Å². The third-order valence-electron chi connectivity index (χ3n) is 1.75. The Bertz CT molecular complexity index is 325. The van der Waals surface area contributed by atoms with E-state index in [1.807, 2.05) is 25.1 Å². The van der Waals surface area contributed by atoms with Crippen LogP contribution in [0.5, 0.6) is 5.75 Å². The Balaban J connectivity index is 2.54. The summed E-state index contributed by atoms with van der Waals surface area (Å²) in [6.07, 6.45) is 0. The summed E-state index contributed by atoms with van der Waals surface area (Å²) in [7, 11) is 0. The zero-order chi connectivity index (χ0) is 10.6. The summed E-state index contributed by atoms with van der Waals surface area (Å²) in [4.78, 5) is 10.4. The van der Waals surface area contributed by atoms with Crippen molar-refractivity contribution in [2.45, 2.75) is 12.3 Å². The predicted molar refractivity (Wildman–Crippen MR) is 54.0 cm³/mol. The number of para-hydroxylation sites is 1. The number of alkyl halides is 1. The number of carboxylic acids is 1. The lowest BCUT2D eigenvalue weighted by Crippen LogP contribution is -2.21. The van der Waals surface area contributed by atoms with Crippen molar-refractivity contribution in [3.63, 3.8) is 0 Å². The molecule has 1 rings (SSSR count). The van der Waals surface area contributed by atoms with Crippen LogP contribution >= 0.6 is 11.6 Å². The maximum Gasteiger partial charge on any atom is 0.325 e. The van der Waals surface area contributed by atoms with Crippen molar-refractivity contribution in [2.75, 3.05) is 6.61 Å². The van der Waals surface area contributed by atoms with Gasteiger partial charge in [0, 0.05) is 0 Å². The highest BCUT2D eigenvalue weighted by atomic mass is 35.5. The van der Waals surface area contributed by atoms with Gasteiger partial charge in [-0.15, -0.1) is 11.6 Å². The number of ether oxygens (including phenoxy) is 1. The van der Waals surface area contributed by atoms with E-state index in [-0.39, 0.29) is 6.61 Å². The van der Waals surface area contributed by atoms with Crippen molar-refractivity contribution in [3.8, 4) is 5.75 Å². The molecule has 4 heteroatoms. The van der Waals surface area contributed by atoms with Crippen LogP contribution in [0.1, 0.15) is 5.56 Å². The van der Waals surface area contributed by atoms with Crippen LogP contribution in [-0.2, 0) is 4.79 Å². The van der Waals surface area contributed by atoms with Crippen molar-refractivity contribution in [3.05, 3.63) is 29.8 Å². The van der Waals surface area contributed by atoms with Gasteiger partial charge in [0.15, 0.2) is 5.38 Å². The molecule has 0 aliphatic rings. The molecule has 1 N–H and O–H groups in total. The molecule has 0 spiro atoms. The number of carboxylic acid groups (broad SMARTS) is 1. The second-order valence-corrected chi connectivity index (χ2v) is 3.41. The number of hydrogen-bond donors (Lipinski definition) is 1. The molecule has 1 atom stereocenters. The topological polar surface area (TPSA) is 46.5 Å². The summed E-state index contributed by atoms with van der Waals surface area (Å²) in [5, 5.41) is 7.51. The fourth-order valence-corrected chi connectivity index (χ4v) is 1.02. The molecule has 76 valence electrons. The molecule has 0 aromatic heterocycles. The van der Waals surface area contributed by atoms with E-state index in [0.717, 1.165) is 5.56 Å². The summed E-state index contributed by atoms with van der Waals surface area (Å²) in [5.41, 5.74) is 0.960. The Hall–Kier alpha value is -1.22. The quantitative estimate of drug-likeness (QED) is 0.781. The first-order valence-electron chi connectivity index (χ1n) is 4.16. The van der Waals surface area contributed by atoms with Crippen LogP contribution in [0.2, 0.25) is 0 Å². The van der Waals surface area contributed by atoms with Crippen molar-refractivity contribution in [2.24, 2.45) is 0 Å². The van der Waals surface area contributed by atoms with Gasteiger partial charge in [-0.3, -0.25) is 4.79 Å². The summed E-state index contributed by atoms with van der Waals surface area (Å²) >= 11 is 5.49. The maximum absolute atomic E-state index is 10.4. The van der Waals surface area contributed by atoms with E-state index < -0.39 is 11.3 Å². The molecule has 14 heavy (non-hydrogen) atoms. The van der Waals surface area contributed by atoms with Gasteiger partial charge >= 0.3 is 5.97 Å². The smallest absolute Gasteiger partial charge is 0.325 e. The second-order valence-electron chi connectivity index (χ2n) is 2.88. The minimum Gasteiger partial charge on any atom is -0.491 e. The van der Waals surface area contributed by atoms with Crippen LogP contribution < -0.4 is 4.74 Å². The van der Waals surface area contributed by atoms with Gasteiger partial charge in [-0.25, -0.2) is 0 Å². The summed E-state index contributed by atoms with van der Waals surface area (Å²) in [6, 6.07) is 7.38. The van der Waals surface area contributed by atoms with Gasteiger partial charge in [-0.05, 0) is 18.6 Å². The van der Waals surface area contributed by atoms with Crippen LogP contribution in [0.15, 0.2) is 24.3 Å². The van der Waals surface area contributed by atoms with E-state index in [1.54, 1.807) is 6.07 Å². The van der Waals surface area contributed by atoms with Crippen LogP contribution in [0.3, 0.4) is 0 Å². The fourth-order valence-electron chi connectivity index (χ4n) is 0.953. The first kappa shape index (κ1) is 10.9. The molecule has 3 nitrogen and oxygen atoms in total. The largest absolute Gasteiger partial charge is 0.491 e. The fraction of sp³-hybridized carbons (Fsp3) is 0.300. The molecular formula is C10H11ClO3. The Labute approximate surface area is 87.3 Å². The molecule has 0 radical (unpaired) electrons. The first-order valence-corrected chi connectivity index (χ1v) is 4.60. The Morgan fingerprint density at radius 2 is 2.21 bits per heavy atom. The van der Waals surface area contributed by atoms with Gasteiger partial charge in [0.1, 0.15) is 12.4 Å². The molecule has 1 aromatic rings. The van der Waals surface area contributed by atoms with E-state index in [2.05, 4.69) is 0 Å². The highest BCUT2D eigenvalue weighted by Gasteiger charge is 2.14. The normalized spacial score (nSPS) is 12.1. The molecule has 0 saturated heterocycles. The van der Waals surface area contributed by atoms with Gasteiger partial charge in [-0.1, -0.05) is 18.2 Å². The predicted octanol–water partition coefficient (Wildman–Crippen LogP) is 2.07. The Morgan fingerprint density at radius 3 is 2.79 bits per heavy atom. The number of hydrogen-bond acceptors (Lipinski definition) is 2. The SMILES string of the molecule is Cc1ccccc1OCC(Cl)C(=O)O. The van der Waals surface area contributed by atoms with E-state index in [1.165, 1.54) is 0 Å². The van der Waals surface area contributed by atoms with Gasteiger partial charge in [-0.2, -0.15) is 0 Å². The third kappa shape index (κ3) is 2.92. The number of benzene rings is 1. The van der Waals surface area contributed by atoms with Crippen LogP contribution in [0.4, 0.5) is 0 Å². The summed E-state index contributed by atoms with van der Waals surface area (Å²) in [6.45, 7) is 1.86. The van der Waals surface area contributed by atoms with Crippen molar-refractivity contribution < 1.29 is 14.6 Å². The standard InChI is InChI=1S/C10H11ClO3/c1-7-4-2-3-5-9(7)14-6-8(11)10(12)13/h2-5,8H,6H2,1H3,(H,12,13). The zero-order valence-electron chi connectivity index (χ0n) is 7.74. The Kier molecular flexibility index (Phi) is 3.77. The highest BCUT2D eigenvalue weighted by molar-refractivity contribution is 6.29. The molecule has 0 heterocycles. The molecule has 0 aliphatic heterocycles. The maximum atomic E-state index is 10.4. The minimum absolute atomic E-state index is 0.0260. The lowest BCUT2D eigenvalue weighted by Gasteiger charge is -2.09. The van der Waals surface area contributed by atoms with E-state index >= 15 is 0 Å². The first-order chi connectivity index (χ1) is 6.61. The minimum atomic E-state index is -1.07. The molecule has 0 fully saturated rings. The summed E-state index contributed by atoms with van der Waals surface area (Å²) < 4.78 is 5.25. The molecular weight excluding hydrogens is 204 g/mol. The van der Waals surface area contributed by atoms with Gasteiger partial charge in [0.05, 0.1) is 0 Å². The van der Waals surface area contributed by atoms with Crippen molar-refractivity contribution >= 4 is 17.6 Å². The number of rotatable bonds is 4. The number of carbonyl (C=O) groups is 1. The van der Waals surface area contributed by atoms with Crippen LogP contribution in [-0.4, -0.2) is 23.1 Å². The monoisotopic (exact) mass is 214 g/mol. The molecule has 0 saturated carbocycles. The lowest BCUT2D eigenvalue weighted by molar-refractivity contribution is -0.137. The molecule has 1 aromatic carbocycles. The zero-order valence-corrected chi connectivity index (χ0v) is 8.49. The Morgan fingerprint density at radius 1 is 1.57 bits per heavy atom. The highest BCUT2D eigenvalue weighted by Crippen LogP contribution is 2.16. The molecule has 1 unspecified atom stereocenters. The van der Waals surface area contributed by atoms with Gasteiger partial charge < -0.3 is 9.84 Å². The lowest BCUT2D eigenvalue weighted by atomic mass is 10.2. The van der Waals surface area contributed by atoms with Gasteiger partial charge in [0.25, 0.3) is 0 Å². The van der Waals surface area contributed by atoms with Crippen LogP contribution in [0.25, 0.3) is 0 Å². The molecule has 0 amide bonds. The third-order valence-corrected chi connectivity index (χ3v) is 2.06. The van der Waals surface area contributed by atoms with Crippen molar-refractivity contribution in [1.29, 1.82) is 0 Å². The number of halogens is 1. The van der Waals surface area contributed by atoms with Gasteiger partial charge in [0.2, 0.25) is 0 Å². The van der Waals surface area contributed by atoms with E-state index in [0.29, 0.717) is 5.75 Å².